The molecule has 0 spiro atoms. The van der Waals surface area contributed by atoms with Gasteiger partial charge in [0, 0.05) is 8.95 Å². The standard InChI is InChI=1S/C10H10Br2N2O5S/c11-5-1-2-6(12)8(3-5)20(18,19)14-7(10(16)17)4-9(13)15/h1-3,7,14H,4H2,(H2,13,15)(H,16,17)/t7-/m0/s1. The van der Waals surface area contributed by atoms with Crippen LogP contribution in [0.1, 0.15) is 6.42 Å². The van der Waals surface area contributed by atoms with Crippen LogP contribution in [0.5, 0.6) is 0 Å². The summed E-state index contributed by atoms with van der Waals surface area (Å²) >= 11 is 6.19. The summed E-state index contributed by atoms with van der Waals surface area (Å²) in [5.41, 5.74) is 4.89. The lowest BCUT2D eigenvalue weighted by Crippen LogP contribution is -2.43. The van der Waals surface area contributed by atoms with Crippen LogP contribution >= 0.6 is 31.9 Å². The van der Waals surface area contributed by atoms with Crippen molar-refractivity contribution in [2.45, 2.75) is 17.4 Å². The predicted molar refractivity (Wildman–Crippen MR) is 77.4 cm³/mol. The summed E-state index contributed by atoms with van der Waals surface area (Å²) in [4.78, 5) is 21.6. The lowest BCUT2D eigenvalue weighted by Gasteiger charge is -2.14. The Balaban J connectivity index is 3.12. The van der Waals surface area contributed by atoms with Crippen LogP contribution in [-0.4, -0.2) is 31.4 Å². The fourth-order valence-corrected chi connectivity index (χ4v) is 4.01. The maximum atomic E-state index is 12.1. The number of amides is 1. The van der Waals surface area contributed by atoms with Crippen LogP contribution in [0.2, 0.25) is 0 Å². The minimum absolute atomic E-state index is 0.150. The third-order valence-corrected chi connectivity index (χ3v) is 5.14. The van der Waals surface area contributed by atoms with E-state index in [1.54, 1.807) is 6.07 Å². The SMILES string of the molecule is NC(=O)C[C@H](NS(=O)(=O)c1cc(Br)ccc1Br)C(=O)O. The Morgan fingerprint density at radius 3 is 2.45 bits per heavy atom. The highest BCUT2D eigenvalue weighted by molar-refractivity contribution is 9.11. The molecule has 0 saturated heterocycles. The van der Waals surface area contributed by atoms with Gasteiger partial charge in [0.2, 0.25) is 15.9 Å². The van der Waals surface area contributed by atoms with E-state index in [4.69, 9.17) is 10.8 Å². The van der Waals surface area contributed by atoms with E-state index in [9.17, 15) is 18.0 Å². The quantitative estimate of drug-likeness (QED) is 0.616. The number of primary amides is 1. The molecule has 1 atom stereocenters. The summed E-state index contributed by atoms with van der Waals surface area (Å²) in [7, 11) is -4.12. The van der Waals surface area contributed by atoms with Crippen molar-refractivity contribution in [2.24, 2.45) is 5.73 Å². The summed E-state index contributed by atoms with van der Waals surface area (Å²) in [5, 5.41) is 8.90. The van der Waals surface area contributed by atoms with Gasteiger partial charge in [-0.05, 0) is 34.1 Å². The summed E-state index contributed by atoms with van der Waals surface area (Å²) in [6.07, 6.45) is -0.639. The van der Waals surface area contributed by atoms with Gasteiger partial charge >= 0.3 is 5.97 Å². The van der Waals surface area contributed by atoms with Crippen molar-refractivity contribution >= 4 is 53.8 Å². The molecule has 0 radical (unpaired) electrons. The molecule has 0 heterocycles. The van der Waals surface area contributed by atoms with E-state index >= 15 is 0 Å². The highest BCUT2D eigenvalue weighted by atomic mass is 79.9. The van der Waals surface area contributed by atoms with Gasteiger partial charge in [-0.1, -0.05) is 15.9 Å². The number of hydrogen-bond donors (Lipinski definition) is 3. The Kier molecular flexibility index (Phi) is 5.68. The van der Waals surface area contributed by atoms with Gasteiger partial charge < -0.3 is 10.8 Å². The number of benzene rings is 1. The van der Waals surface area contributed by atoms with Gasteiger partial charge in [-0.3, -0.25) is 9.59 Å². The topological polar surface area (TPSA) is 127 Å². The van der Waals surface area contributed by atoms with Gasteiger partial charge in [-0.25, -0.2) is 8.42 Å². The van der Waals surface area contributed by atoms with Gasteiger partial charge in [-0.15, -0.1) is 0 Å². The average Bonchev–Trinajstić information content (AvgIpc) is 2.30. The summed E-state index contributed by atoms with van der Waals surface area (Å²) < 4.78 is 26.9. The zero-order valence-electron chi connectivity index (χ0n) is 9.84. The number of carbonyl (C=O) groups is 2. The smallest absolute Gasteiger partial charge is 0.322 e. The van der Waals surface area contributed by atoms with Crippen molar-refractivity contribution in [3.8, 4) is 0 Å². The minimum Gasteiger partial charge on any atom is -0.480 e. The molecular weight excluding hydrogens is 420 g/mol. The maximum absolute atomic E-state index is 12.1. The molecule has 1 aromatic rings. The predicted octanol–water partition coefficient (Wildman–Crippen LogP) is 0.818. The number of aliphatic carboxylic acids is 1. The molecule has 0 unspecified atom stereocenters. The van der Waals surface area contributed by atoms with Gasteiger partial charge in [0.25, 0.3) is 0 Å². The number of sulfonamides is 1. The fraction of sp³-hybridized carbons (Fsp3) is 0.200. The van der Waals surface area contributed by atoms with Gasteiger partial charge in [0.15, 0.2) is 0 Å². The van der Waals surface area contributed by atoms with Crippen molar-refractivity contribution in [3.63, 3.8) is 0 Å². The summed E-state index contributed by atoms with van der Waals surface area (Å²) in [6, 6.07) is 2.78. The van der Waals surface area contributed by atoms with Gasteiger partial charge in [0.05, 0.1) is 11.3 Å². The molecule has 0 bridgehead atoms. The number of nitrogens with two attached hydrogens (primary N) is 1. The van der Waals surface area contributed by atoms with Crippen LogP contribution in [0.25, 0.3) is 0 Å². The van der Waals surface area contributed by atoms with Crippen LogP contribution in [0.4, 0.5) is 0 Å². The first kappa shape index (κ1) is 17.1. The Labute approximate surface area is 131 Å². The van der Waals surface area contributed by atoms with Crippen molar-refractivity contribution in [1.29, 1.82) is 0 Å². The largest absolute Gasteiger partial charge is 0.480 e. The van der Waals surface area contributed by atoms with Crippen molar-refractivity contribution in [2.75, 3.05) is 0 Å². The molecule has 1 amide bonds. The van der Waals surface area contributed by atoms with Crippen LogP contribution in [0, 0.1) is 0 Å². The first-order chi connectivity index (χ1) is 9.13. The second-order valence-electron chi connectivity index (χ2n) is 3.76. The summed E-state index contributed by atoms with van der Waals surface area (Å²) in [5.74, 6) is -2.41. The Bertz CT molecular complexity index is 647. The number of carboxylic acids is 1. The highest BCUT2D eigenvalue weighted by Crippen LogP contribution is 2.25. The van der Waals surface area contributed by atoms with Crippen molar-refractivity contribution in [1.82, 2.24) is 4.72 Å². The number of nitrogens with one attached hydrogen (secondary N) is 1. The Morgan fingerprint density at radius 2 is 1.95 bits per heavy atom. The summed E-state index contributed by atoms with van der Waals surface area (Å²) in [6.45, 7) is 0. The number of hydrogen-bond acceptors (Lipinski definition) is 4. The number of carbonyl (C=O) groups excluding carboxylic acids is 1. The van der Waals surface area contributed by atoms with Crippen molar-refractivity contribution in [3.05, 3.63) is 27.1 Å². The zero-order chi connectivity index (χ0) is 15.5. The lowest BCUT2D eigenvalue weighted by atomic mass is 10.2. The van der Waals surface area contributed by atoms with Crippen LogP contribution in [-0.2, 0) is 19.6 Å². The molecule has 1 rings (SSSR count). The highest BCUT2D eigenvalue weighted by Gasteiger charge is 2.28. The first-order valence-electron chi connectivity index (χ1n) is 5.12. The molecule has 0 fully saturated rings. The molecule has 0 aliphatic heterocycles. The Hall–Kier alpha value is -0.970. The molecule has 110 valence electrons. The van der Waals surface area contributed by atoms with E-state index in [1.165, 1.54) is 12.1 Å². The van der Waals surface area contributed by atoms with E-state index in [0.29, 0.717) is 4.47 Å². The second-order valence-corrected chi connectivity index (χ2v) is 7.21. The normalized spacial score (nSPS) is 12.9. The number of carboxylic acid groups (broad SMARTS) is 1. The molecule has 0 aliphatic carbocycles. The van der Waals surface area contributed by atoms with E-state index in [2.05, 4.69) is 31.9 Å². The molecular formula is C10H10Br2N2O5S. The fourth-order valence-electron chi connectivity index (χ4n) is 1.31. The number of halogens is 2. The third-order valence-electron chi connectivity index (χ3n) is 2.18. The molecule has 4 N–H and O–H groups in total. The van der Waals surface area contributed by atoms with Crippen molar-refractivity contribution < 1.29 is 23.1 Å². The molecule has 0 saturated carbocycles. The minimum atomic E-state index is -4.12. The first-order valence-corrected chi connectivity index (χ1v) is 8.19. The van der Waals surface area contributed by atoms with E-state index in [0.717, 1.165) is 0 Å². The third kappa shape index (κ3) is 4.54. The van der Waals surface area contributed by atoms with Gasteiger partial charge in [0.1, 0.15) is 6.04 Å². The second kappa shape index (κ2) is 6.66. The molecule has 20 heavy (non-hydrogen) atoms. The van der Waals surface area contributed by atoms with Gasteiger partial charge in [-0.2, -0.15) is 4.72 Å². The van der Waals surface area contributed by atoms with Crippen LogP contribution in [0.15, 0.2) is 32.0 Å². The molecule has 0 aromatic heterocycles. The monoisotopic (exact) mass is 428 g/mol. The molecule has 0 aliphatic rings. The average molecular weight is 430 g/mol. The van der Waals surface area contributed by atoms with E-state index in [-0.39, 0.29) is 9.37 Å². The molecule has 1 aromatic carbocycles. The van der Waals surface area contributed by atoms with Crippen LogP contribution in [0.3, 0.4) is 0 Å². The molecule has 7 nitrogen and oxygen atoms in total. The van der Waals surface area contributed by atoms with Crippen LogP contribution < -0.4 is 10.5 Å². The zero-order valence-corrected chi connectivity index (χ0v) is 13.8. The number of rotatable bonds is 6. The Morgan fingerprint density at radius 1 is 1.35 bits per heavy atom. The van der Waals surface area contributed by atoms with E-state index in [1.807, 2.05) is 4.72 Å². The van der Waals surface area contributed by atoms with E-state index < -0.39 is 34.4 Å². The lowest BCUT2D eigenvalue weighted by molar-refractivity contribution is -0.140. The maximum Gasteiger partial charge on any atom is 0.322 e. The molecule has 10 heteroatoms.